The van der Waals surface area contributed by atoms with Crippen molar-refractivity contribution in [3.8, 4) is 5.75 Å². The summed E-state index contributed by atoms with van der Waals surface area (Å²) in [6.45, 7) is 0.0370. The lowest BCUT2D eigenvalue weighted by molar-refractivity contribution is -0.0500. The van der Waals surface area contributed by atoms with Crippen molar-refractivity contribution in [1.29, 1.82) is 0 Å². The summed E-state index contributed by atoms with van der Waals surface area (Å²) >= 11 is 0. The van der Waals surface area contributed by atoms with E-state index in [4.69, 9.17) is 4.74 Å². The van der Waals surface area contributed by atoms with Gasteiger partial charge in [0.25, 0.3) is 5.91 Å². The Balaban J connectivity index is 1.76. The third-order valence-electron chi connectivity index (χ3n) is 4.53. The highest BCUT2D eigenvalue weighted by atomic mass is 19.3. The smallest absolute Gasteiger partial charge is 0.387 e. The Morgan fingerprint density at radius 3 is 2.73 bits per heavy atom. The van der Waals surface area contributed by atoms with E-state index < -0.39 is 12.5 Å². The van der Waals surface area contributed by atoms with Gasteiger partial charge >= 0.3 is 6.61 Å². The minimum Gasteiger partial charge on any atom is -0.434 e. The van der Waals surface area contributed by atoms with Gasteiger partial charge in [0, 0.05) is 32.8 Å². The quantitative estimate of drug-likeness (QED) is 0.821. The minimum absolute atomic E-state index is 0.0229. The molecule has 1 fully saturated rings. The molecule has 0 spiro atoms. The summed E-state index contributed by atoms with van der Waals surface area (Å²) in [6.07, 6.45) is 0.814. The third-order valence-corrected chi connectivity index (χ3v) is 4.53. The van der Waals surface area contributed by atoms with Crippen LogP contribution in [0.4, 0.5) is 8.78 Å². The molecule has 2 aromatic carbocycles. The van der Waals surface area contributed by atoms with Gasteiger partial charge in [-0.05, 0) is 29.3 Å². The van der Waals surface area contributed by atoms with Gasteiger partial charge in [0.15, 0.2) is 0 Å². The highest BCUT2D eigenvalue weighted by molar-refractivity contribution is 6.01. The zero-order chi connectivity index (χ0) is 18.5. The van der Waals surface area contributed by atoms with Crippen LogP contribution in [0.25, 0.3) is 10.8 Å². The van der Waals surface area contributed by atoms with E-state index >= 15 is 0 Å². The SMILES string of the molecule is COCCN1CCC(NC(=O)c2cc3ccccc3cc2OC(F)F)C1. The van der Waals surface area contributed by atoms with Crippen LogP contribution in [-0.4, -0.2) is 56.8 Å². The Labute approximate surface area is 150 Å². The van der Waals surface area contributed by atoms with Crippen molar-refractivity contribution in [3.63, 3.8) is 0 Å². The van der Waals surface area contributed by atoms with Crippen LogP contribution in [0.15, 0.2) is 36.4 Å². The van der Waals surface area contributed by atoms with Crippen LogP contribution in [0.2, 0.25) is 0 Å². The normalized spacial score (nSPS) is 17.8. The summed E-state index contributed by atoms with van der Waals surface area (Å²) in [5, 5.41) is 4.47. The summed E-state index contributed by atoms with van der Waals surface area (Å²) in [7, 11) is 1.65. The number of carbonyl (C=O) groups excluding carboxylic acids is 1. The number of nitrogens with one attached hydrogen (secondary N) is 1. The van der Waals surface area contributed by atoms with Crippen molar-refractivity contribution in [2.24, 2.45) is 0 Å². The molecule has 1 saturated heterocycles. The third kappa shape index (κ3) is 4.47. The number of nitrogens with zero attached hydrogens (tertiary/aromatic N) is 1. The molecular weight excluding hydrogens is 342 g/mol. The van der Waals surface area contributed by atoms with E-state index in [9.17, 15) is 13.6 Å². The molecule has 0 bridgehead atoms. The summed E-state index contributed by atoms with van der Waals surface area (Å²) < 4.78 is 35.2. The van der Waals surface area contributed by atoms with Gasteiger partial charge in [0.2, 0.25) is 0 Å². The Hall–Kier alpha value is -2.25. The number of hydrogen-bond donors (Lipinski definition) is 1. The second-order valence-electron chi connectivity index (χ2n) is 6.33. The first-order valence-corrected chi connectivity index (χ1v) is 8.56. The molecule has 1 amide bonds. The number of hydrogen-bond acceptors (Lipinski definition) is 4. The number of halogens is 2. The molecule has 1 unspecified atom stereocenters. The Kier molecular flexibility index (Phi) is 6.00. The largest absolute Gasteiger partial charge is 0.434 e. The maximum Gasteiger partial charge on any atom is 0.387 e. The molecule has 5 nitrogen and oxygen atoms in total. The highest BCUT2D eigenvalue weighted by Gasteiger charge is 2.25. The van der Waals surface area contributed by atoms with Crippen molar-refractivity contribution in [2.75, 3.05) is 33.4 Å². The minimum atomic E-state index is -2.99. The van der Waals surface area contributed by atoms with Crippen LogP contribution in [0.5, 0.6) is 5.75 Å². The Morgan fingerprint density at radius 2 is 2.04 bits per heavy atom. The van der Waals surface area contributed by atoms with Crippen LogP contribution in [0, 0.1) is 0 Å². The number of amides is 1. The first-order valence-electron chi connectivity index (χ1n) is 8.56. The molecule has 2 aromatic rings. The number of ether oxygens (including phenoxy) is 2. The first kappa shape index (κ1) is 18.5. The molecule has 1 aliphatic heterocycles. The zero-order valence-corrected chi connectivity index (χ0v) is 14.6. The molecule has 1 aliphatic rings. The van der Waals surface area contributed by atoms with E-state index in [0.29, 0.717) is 13.2 Å². The highest BCUT2D eigenvalue weighted by Crippen LogP contribution is 2.28. The molecule has 7 heteroatoms. The Morgan fingerprint density at radius 1 is 1.31 bits per heavy atom. The monoisotopic (exact) mass is 364 g/mol. The van der Waals surface area contributed by atoms with Crippen LogP contribution in [0.1, 0.15) is 16.8 Å². The summed E-state index contributed by atoms with van der Waals surface area (Å²) in [5.74, 6) is -0.504. The zero-order valence-electron chi connectivity index (χ0n) is 14.6. The van der Waals surface area contributed by atoms with Gasteiger partial charge in [-0.1, -0.05) is 24.3 Å². The fraction of sp³-hybridized carbons (Fsp3) is 0.421. The second-order valence-corrected chi connectivity index (χ2v) is 6.33. The predicted octanol–water partition coefficient (Wildman–Crippen LogP) is 2.89. The molecule has 0 aliphatic carbocycles. The molecule has 1 atom stereocenters. The Bertz CT molecular complexity index is 770. The lowest BCUT2D eigenvalue weighted by atomic mass is 10.0. The van der Waals surface area contributed by atoms with Gasteiger partial charge in [0.1, 0.15) is 5.75 Å². The molecule has 26 heavy (non-hydrogen) atoms. The predicted molar refractivity (Wildman–Crippen MR) is 94.8 cm³/mol. The van der Waals surface area contributed by atoms with Crippen molar-refractivity contribution < 1.29 is 23.0 Å². The number of benzene rings is 2. The van der Waals surface area contributed by atoms with Gasteiger partial charge in [-0.15, -0.1) is 0 Å². The number of fused-ring (bicyclic) bond motifs is 1. The van der Waals surface area contributed by atoms with Crippen LogP contribution < -0.4 is 10.1 Å². The van der Waals surface area contributed by atoms with Crippen LogP contribution in [0.3, 0.4) is 0 Å². The topological polar surface area (TPSA) is 50.8 Å². The molecule has 0 aromatic heterocycles. The summed E-state index contributed by atoms with van der Waals surface area (Å²) in [5.41, 5.74) is 0.124. The molecule has 1 heterocycles. The lowest BCUT2D eigenvalue weighted by Gasteiger charge is -2.17. The van der Waals surface area contributed by atoms with Crippen molar-refractivity contribution in [3.05, 3.63) is 42.0 Å². The number of rotatable bonds is 7. The molecule has 0 radical (unpaired) electrons. The van der Waals surface area contributed by atoms with Gasteiger partial charge < -0.3 is 14.8 Å². The first-order chi connectivity index (χ1) is 12.6. The lowest BCUT2D eigenvalue weighted by Crippen LogP contribution is -2.37. The standard InChI is InChI=1S/C19H22F2N2O3/c1-25-9-8-23-7-6-15(12-23)22-18(24)16-10-13-4-2-3-5-14(13)11-17(16)26-19(20)21/h2-5,10-11,15,19H,6-9,12H2,1H3,(H,22,24). The van der Waals surface area contributed by atoms with Gasteiger partial charge in [-0.2, -0.15) is 8.78 Å². The van der Waals surface area contributed by atoms with Gasteiger partial charge in [-0.25, -0.2) is 0 Å². The van der Waals surface area contributed by atoms with E-state index in [1.54, 1.807) is 25.3 Å². The average Bonchev–Trinajstić information content (AvgIpc) is 3.06. The maximum absolute atomic E-state index is 12.8. The van der Waals surface area contributed by atoms with Crippen molar-refractivity contribution >= 4 is 16.7 Å². The van der Waals surface area contributed by atoms with E-state index in [-0.39, 0.29) is 17.4 Å². The second kappa shape index (κ2) is 8.42. The van der Waals surface area contributed by atoms with E-state index in [1.165, 1.54) is 6.07 Å². The molecule has 140 valence electrons. The van der Waals surface area contributed by atoms with E-state index in [2.05, 4.69) is 15.0 Å². The maximum atomic E-state index is 12.8. The van der Waals surface area contributed by atoms with Gasteiger partial charge in [0.05, 0.1) is 12.2 Å². The fourth-order valence-corrected chi connectivity index (χ4v) is 3.23. The van der Waals surface area contributed by atoms with E-state index in [0.717, 1.165) is 30.3 Å². The van der Waals surface area contributed by atoms with Crippen LogP contribution in [-0.2, 0) is 4.74 Å². The number of alkyl halides is 2. The average molecular weight is 364 g/mol. The van der Waals surface area contributed by atoms with Crippen LogP contribution >= 0.6 is 0 Å². The fourth-order valence-electron chi connectivity index (χ4n) is 3.23. The summed E-state index contributed by atoms with van der Waals surface area (Å²) in [4.78, 5) is 14.9. The van der Waals surface area contributed by atoms with Crippen molar-refractivity contribution in [1.82, 2.24) is 10.2 Å². The van der Waals surface area contributed by atoms with Crippen molar-refractivity contribution in [2.45, 2.75) is 19.1 Å². The molecule has 1 N–H and O–H groups in total. The molecular formula is C19H22F2N2O3. The number of likely N-dealkylation sites (tertiary alicyclic amines) is 1. The summed E-state index contributed by atoms with van der Waals surface area (Å²) in [6, 6.07) is 10.3. The van der Waals surface area contributed by atoms with Gasteiger partial charge in [-0.3, -0.25) is 9.69 Å². The van der Waals surface area contributed by atoms with E-state index in [1.807, 2.05) is 12.1 Å². The number of methoxy groups -OCH3 is 1. The molecule has 3 rings (SSSR count). The molecule has 0 saturated carbocycles. The number of carbonyl (C=O) groups is 1.